The summed E-state index contributed by atoms with van der Waals surface area (Å²) in [6.07, 6.45) is -1.34. The Bertz CT molecular complexity index is 1190. The molecule has 0 spiro atoms. The molecule has 1 amide bonds. The van der Waals surface area contributed by atoms with Crippen LogP contribution in [0.2, 0.25) is 0 Å². The average Bonchev–Trinajstić information content (AvgIpc) is 2.70. The number of phenolic OH excluding ortho intramolecular Hbond substituents is 2. The SMILES string of the molecule is O=C(NNC(O)c1cc2ccccc2cc1O)c1cc2ccccc2cc1O. The van der Waals surface area contributed by atoms with Gasteiger partial charge in [0.1, 0.15) is 11.5 Å². The fraction of sp³-hybridized carbons (Fsp3) is 0.0455. The highest BCUT2D eigenvalue weighted by molar-refractivity contribution is 6.01. The molecule has 0 heterocycles. The van der Waals surface area contributed by atoms with Gasteiger partial charge in [-0.2, -0.15) is 0 Å². The van der Waals surface area contributed by atoms with E-state index in [1.54, 1.807) is 18.2 Å². The number of phenols is 2. The summed E-state index contributed by atoms with van der Waals surface area (Å²) >= 11 is 0. The van der Waals surface area contributed by atoms with E-state index in [9.17, 15) is 20.1 Å². The van der Waals surface area contributed by atoms with Crippen LogP contribution in [0.3, 0.4) is 0 Å². The van der Waals surface area contributed by atoms with Crippen molar-refractivity contribution < 1.29 is 20.1 Å². The fourth-order valence-electron chi connectivity index (χ4n) is 3.15. The largest absolute Gasteiger partial charge is 0.507 e. The molecule has 0 aliphatic heterocycles. The number of hydrazine groups is 1. The average molecular weight is 374 g/mol. The Morgan fingerprint density at radius 2 is 1.25 bits per heavy atom. The lowest BCUT2D eigenvalue weighted by Crippen LogP contribution is -2.40. The molecule has 0 aliphatic carbocycles. The maximum Gasteiger partial charge on any atom is 0.269 e. The minimum atomic E-state index is -1.34. The van der Waals surface area contributed by atoms with Gasteiger partial charge in [0.2, 0.25) is 0 Å². The monoisotopic (exact) mass is 374 g/mol. The van der Waals surface area contributed by atoms with Crippen LogP contribution in [-0.2, 0) is 0 Å². The molecule has 1 unspecified atom stereocenters. The first-order valence-electron chi connectivity index (χ1n) is 8.70. The number of hydrogen-bond donors (Lipinski definition) is 5. The molecule has 6 nitrogen and oxygen atoms in total. The maximum absolute atomic E-state index is 12.4. The molecule has 4 aromatic carbocycles. The molecule has 0 aromatic heterocycles. The van der Waals surface area contributed by atoms with E-state index in [1.807, 2.05) is 48.5 Å². The number of carbonyl (C=O) groups excluding carboxylic acids is 1. The van der Waals surface area contributed by atoms with E-state index < -0.39 is 12.1 Å². The van der Waals surface area contributed by atoms with Crippen LogP contribution in [0.4, 0.5) is 0 Å². The number of rotatable bonds is 4. The fourth-order valence-corrected chi connectivity index (χ4v) is 3.15. The molecule has 4 rings (SSSR count). The summed E-state index contributed by atoms with van der Waals surface area (Å²) in [4.78, 5) is 12.4. The summed E-state index contributed by atoms with van der Waals surface area (Å²) in [6.45, 7) is 0. The van der Waals surface area contributed by atoms with Gasteiger partial charge in [0, 0.05) is 5.56 Å². The van der Waals surface area contributed by atoms with E-state index in [1.165, 1.54) is 6.07 Å². The summed E-state index contributed by atoms with van der Waals surface area (Å²) in [6, 6.07) is 21.0. The first-order chi connectivity index (χ1) is 13.5. The Labute approximate surface area is 160 Å². The highest BCUT2D eigenvalue weighted by Gasteiger charge is 2.17. The van der Waals surface area contributed by atoms with Crippen molar-refractivity contribution in [2.75, 3.05) is 0 Å². The molecular weight excluding hydrogens is 356 g/mol. The lowest BCUT2D eigenvalue weighted by molar-refractivity contribution is 0.0795. The Kier molecular flexibility index (Phi) is 4.57. The first-order valence-corrected chi connectivity index (χ1v) is 8.70. The quantitative estimate of drug-likeness (QED) is 0.279. The van der Waals surface area contributed by atoms with Crippen LogP contribution in [0.1, 0.15) is 22.1 Å². The molecule has 0 fully saturated rings. The van der Waals surface area contributed by atoms with Gasteiger partial charge < -0.3 is 15.3 Å². The van der Waals surface area contributed by atoms with Crippen LogP contribution in [0.5, 0.6) is 11.5 Å². The lowest BCUT2D eigenvalue weighted by atomic mass is 10.0. The minimum absolute atomic E-state index is 0.0705. The van der Waals surface area contributed by atoms with Crippen molar-refractivity contribution in [1.82, 2.24) is 10.9 Å². The van der Waals surface area contributed by atoms with Gasteiger partial charge in [-0.25, -0.2) is 5.43 Å². The molecule has 6 heteroatoms. The van der Waals surface area contributed by atoms with Crippen molar-refractivity contribution in [3.8, 4) is 11.5 Å². The second kappa shape index (κ2) is 7.19. The summed E-state index contributed by atoms with van der Waals surface area (Å²) < 4.78 is 0. The van der Waals surface area contributed by atoms with Gasteiger partial charge in [-0.15, -0.1) is 0 Å². The van der Waals surface area contributed by atoms with Crippen molar-refractivity contribution in [2.24, 2.45) is 0 Å². The van der Waals surface area contributed by atoms with Gasteiger partial charge in [0.25, 0.3) is 5.91 Å². The Morgan fingerprint density at radius 1 is 0.750 bits per heavy atom. The van der Waals surface area contributed by atoms with E-state index in [0.29, 0.717) is 0 Å². The predicted octanol–water partition coefficient (Wildman–Crippen LogP) is 3.33. The van der Waals surface area contributed by atoms with E-state index >= 15 is 0 Å². The molecule has 0 saturated heterocycles. The second-order valence-corrected chi connectivity index (χ2v) is 6.48. The number of fused-ring (bicyclic) bond motifs is 2. The molecule has 28 heavy (non-hydrogen) atoms. The molecule has 1 atom stereocenters. The number of aromatic hydroxyl groups is 2. The number of aliphatic hydroxyl groups excluding tert-OH is 1. The predicted molar refractivity (Wildman–Crippen MR) is 107 cm³/mol. The summed E-state index contributed by atoms with van der Waals surface area (Å²) in [5.41, 5.74) is 5.13. The zero-order valence-electron chi connectivity index (χ0n) is 14.8. The Morgan fingerprint density at radius 3 is 1.86 bits per heavy atom. The lowest BCUT2D eigenvalue weighted by Gasteiger charge is -2.16. The van der Waals surface area contributed by atoms with Gasteiger partial charge in [-0.05, 0) is 45.8 Å². The third-order valence-electron chi connectivity index (χ3n) is 4.62. The van der Waals surface area contributed by atoms with Crippen LogP contribution in [0.15, 0.2) is 72.8 Å². The van der Waals surface area contributed by atoms with Gasteiger partial charge in [0.05, 0.1) is 5.56 Å². The van der Waals surface area contributed by atoms with Crippen LogP contribution < -0.4 is 10.9 Å². The number of carbonyl (C=O) groups is 1. The molecule has 5 N–H and O–H groups in total. The first kappa shape index (κ1) is 17.8. The smallest absolute Gasteiger partial charge is 0.269 e. The third-order valence-corrected chi connectivity index (χ3v) is 4.62. The molecule has 0 aliphatic rings. The standard InChI is InChI=1S/C22H18N2O4/c25-19-11-15-7-3-1-5-13(15)9-17(19)21(27)23-24-22(28)18-10-14-6-2-4-8-16(14)12-20(18)26/h1-12,21,23,25-27H,(H,24,28). The molecule has 4 aromatic rings. The molecule has 140 valence electrons. The molecule has 0 saturated carbocycles. The highest BCUT2D eigenvalue weighted by atomic mass is 16.3. The highest BCUT2D eigenvalue weighted by Crippen LogP contribution is 2.29. The summed E-state index contributed by atoms with van der Waals surface area (Å²) in [5, 5.41) is 33.9. The van der Waals surface area contributed by atoms with Crippen LogP contribution in [0.25, 0.3) is 21.5 Å². The molecule has 0 radical (unpaired) electrons. The Hall–Kier alpha value is -3.61. The number of amides is 1. The van der Waals surface area contributed by atoms with Gasteiger partial charge in [-0.3, -0.25) is 10.2 Å². The Balaban J connectivity index is 1.53. The number of nitrogens with one attached hydrogen (secondary N) is 2. The van der Waals surface area contributed by atoms with Crippen LogP contribution in [-0.4, -0.2) is 21.2 Å². The topological polar surface area (TPSA) is 102 Å². The van der Waals surface area contributed by atoms with Crippen molar-refractivity contribution in [2.45, 2.75) is 6.23 Å². The van der Waals surface area contributed by atoms with E-state index in [2.05, 4.69) is 10.9 Å². The second-order valence-electron chi connectivity index (χ2n) is 6.48. The van der Waals surface area contributed by atoms with E-state index in [0.717, 1.165) is 21.5 Å². The van der Waals surface area contributed by atoms with Crippen molar-refractivity contribution in [3.05, 3.63) is 83.9 Å². The third kappa shape index (κ3) is 3.34. The molecular formula is C22H18N2O4. The van der Waals surface area contributed by atoms with E-state index in [4.69, 9.17) is 0 Å². The normalized spacial score (nSPS) is 12.2. The summed E-state index contributed by atoms with van der Waals surface area (Å²) in [5.74, 6) is -0.870. The van der Waals surface area contributed by atoms with Crippen molar-refractivity contribution in [1.29, 1.82) is 0 Å². The van der Waals surface area contributed by atoms with Gasteiger partial charge >= 0.3 is 0 Å². The van der Waals surface area contributed by atoms with Crippen LogP contribution in [0, 0.1) is 0 Å². The zero-order valence-corrected chi connectivity index (χ0v) is 14.8. The van der Waals surface area contributed by atoms with Crippen molar-refractivity contribution >= 4 is 27.5 Å². The zero-order chi connectivity index (χ0) is 19.7. The molecule has 0 bridgehead atoms. The summed E-state index contributed by atoms with van der Waals surface area (Å²) in [7, 11) is 0. The number of hydrogen-bond acceptors (Lipinski definition) is 5. The van der Waals surface area contributed by atoms with Gasteiger partial charge in [0.15, 0.2) is 6.23 Å². The van der Waals surface area contributed by atoms with E-state index in [-0.39, 0.29) is 22.6 Å². The van der Waals surface area contributed by atoms with Crippen LogP contribution >= 0.6 is 0 Å². The van der Waals surface area contributed by atoms with Gasteiger partial charge in [-0.1, -0.05) is 48.5 Å². The number of benzene rings is 4. The van der Waals surface area contributed by atoms with Crippen molar-refractivity contribution in [3.63, 3.8) is 0 Å². The number of aliphatic hydroxyl groups is 1. The minimum Gasteiger partial charge on any atom is -0.507 e. The maximum atomic E-state index is 12.4.